The zero-order chi connectivity index (χ0) is 12.8. The van der Waals surface area contributed by atoms with E-state index < -0.39 is 0 Å². The highest BCUT2D eigenvalue weighted by Crippen LogP contribution is 2.27. The van der Waals surface area contributed by atoms with Crippen molar-refractivity contribution in [1.82, 2.24) is 5.32 Å². The Kier molecular flexibility index (Phi) is 5.42. The fourth-order valence-corrected chi connectivity index (χ4v) is 2.14. The van der Waals surface area contributed by atoms with Gasteiger partial charge in [0.25, 0.3) is 0 Å². The summed E-state index contributed by atoms with van der Waals surface area (Å²) in [6.45, 7) is 11.1. The van der Waals surface area contributed by atoms with Crippen LogP contribution in [-0.2, 0) is 0 Å². The van der Waals surface area contributed by atoms with E-state index in [2.05, 4.69) is 37.9 Å². The van der Waals surface area contributed by atoms with Crippen LogP contribution in [0.5, 0.6) is 0 Å². The van der Waals surface area contributed by atoms with Crippen molar-refractivity contribution in [2.75, 3.05) is 24.5 Å². The predicted molar refractivity (Wildman–Crippen MR) is 72.1 cm³/mol. The molecule has 1 unspecified atom stereocenters. The van der Waals surface area contributed by atoms with E-state index in [-0.39, 0.29) is 11.9 Å². The van der Waals surface area contributed by atoms with Gasteiger partial charge in [0, 0.05) is 24.8 Å². The van der Waals surface area contributed by atoms with E-state index in [0.717, 1.165) is 30.9 Å². The van der Waals surface area contributed by atoms with Crippen molar-refractivity contribution in [2.45, 2.75) is 33.7 Å². The van der Waals surface area contributed by atoms with Gasteiger partial charge in [-0.05, 0) is 51.1 Å². The Morgan fingerprint density at radius 2 is 1.88 bits per heavy atom. The van der Waals surface area contributed by atoms with Gasteiger partial charge in [-0.2, -0.15) is 0 Å². The van der Waals surface area contributed by atoms with Crippen LogP contribution >= 0.6 is 0 Å². The molecule has 0 aliphatic heterocycles. The lowest BCUT2D eigenvalue weighted by atomic mass is 10.0. The lowest BCUT2D eigenvalue weighted by Gasteiger charge is -2.27. The van der Waals surface area contributed by atoms with Crippen molar-refractivity contribution >= 4 is 5.69 Å². The molecule has 0 aromatic heterocycles. The summed E-state index contributed by atoms with van der Waals surface area (Å²) in [5, 5.41) is 3.34. The third-order valence-electron chi connectivity index (χ3n) is 3.07. The highest BCUT2D eigenvalue weighted by Gasteiger charge is 2.14. The smallest absolute Gasteiger partial charge is 0.123 e. The van der Waals surface area contributed by atoms with Crippen LogP contribution in [0.4, 0.5) is 10.1 Å². The number of halogens is 1. The van der Waals surface area contributed by atoms with Gasteiger partial charge < -0.3 is 10.2 Å². The summed E-state index contributed by atoms with van der Waals surface area (Å²) >= 11 is 0. The van der Waals surface area contributed by atoms with Crippen molar-refractivity contribution in [3.8, 4) is 0 Å². The van der Waals surface area contributed by atoms with E-state index in [1.807, 2.05) is 6.07 Å². The minimum Gasteiger partial charge on any atom is -0.372 e. The fraction of sp³-hybridized carbons (Fsp3) is 0.571. The molecule has 0 spiro atoms. The van der Waals surface area contributed by atoms with Crippen molar-refractivity contribution in [3.05, 3.63) is 29.6 Å². The average Bonchev–Trinajstić information content (AvgIpc) is 2.32. The highest BCUT2D eigenvalue weighted by molar-refractivity contribution is 5.55. The third kappa shape index (κ3) is 3.43. The Labute approximate surface area is 104 Å². The van der Waals surface area contributed by atoms with Gasteiger partial charge in [0.2, 0.25) is 0 Å². The van der Waals surface area contributed by atoms with Crippen LogP contribution in [0.3, 0.4) is 0 Å². The summed E-state index contributed by atoms with van der Waals surface area (Å²) in [6, 6.07) is 5.23. The van der Waals surface area contributed by atoms with E-state index in [9.17, 15) is 4.39 Å². The van der Waals surface area contributed by atoms with Gasteiger partial charge in [-0.25, -0.2) is 4.39 Å². The highest BCUT2D eigenvalue weighted by atomic mass is 19.1. The van der Waals surface area contributed by atoms with E-state index in [1.165, 1.54) is 6.07 Å². The maximum atomic E-state index is 13.4. The number of hydrogen-bond donors (Lipinski definition) is 1. The number of rotatable bonds is 6. The van der Waals surface area contributed by atoms with E-state index in [0.29, 0.717) is 0 Å². The predicted octanol–water partition coefficient (Wildman–Crippen LogP) is 3.34. The summed E-state index contributed by atoms with van der Waals surface area (Å²) in [7, 11) is 0. The van der Waals surface area contributed by atoms with Crippen LogP contribution in [-0.4, -0.2) is 19.6 Å². The summed E-state index contributed by atoms with van der Waals surface area (Å²) in [4.78, 5) is 2.25. The van der Waals surface area contributed by atoms with E-state index >= 15 is 0 Å². The van der Waals surface area contributed by atoms with Gasteiger partial charge in [-0.15, -0.1) is 0 Å². The largest absolute Gasteiger partial charge is 0.372 e. The minimum absolute atomic E-state index is 0.166. The first-order valence-corrected chi connectivity index (χ1v) is 6.41. The molecule has 0 amide bonds. The first-order valence-electron chi connectivity index (χ1n) is 6.41. The molecule has 0 radical (unpaired) electrons. The molecule has 3 heteroatoms. The molecule has 1 aromatic carbocycles. The molecule has 0 bridgehead atoms. The SMILES string of the molecule is CCNC(C)c1cc(F)ccc1N(CC)CC. The number of hydrogen-bond acceptors (Lipinski definition) is 2. The van der Waals surface area contributed by atoms with Gasteiger partial charge >= 0.3 is 0 Å². The standard InChI is InChI=1S/C14H23FN2/c1-5-16-11(4)13-10-12(15)8-9-14(13)17(6-2)7-3/h8-11,16H,5-7H2,1-4H3. The second kappa shape index (κ2) is 6.60. The molecule has 0 aliphatic carbocycles. The summed E-state index contributed by atoms with van der Waals surface area (Å²) in [5.74, 6) is -0.166. The Bertz CT molecular complexity index is 348. The van der Waals surface area contributed by atoms with Crippen LogP contribution < -0.4 is 10.2 Å². The maximum Gasteiger partial charge on any atom is 0.123 e. The number of nitrogens with zero attached hydrogens (tertiary/aromatic N) is 1. The van der Waals surface area contributed by atoms with Crippen LogP contribution in [0.1, 0.15) is 39.3 Å². The number of anilines is 1. The number of nitrogens with one attached hydrogen (secondary N) is 1. The Balaban J connectivity index is 3.10. The average molecular weight is 238 g/mol. The Morgan fingerprint density at radius 3 is 2.41 bits per heavy atom. The fourth-order valence-electron chi connectivity index (χ4n) is 2.14. The third-order valence-corrected chi connectivity index (χ3v) is 3.07. The van der Waals surface area contributed by atoms with E-state index in [1.54, 1.807) is 6.07 Å². The molecule has 1 aromatic rings. The zero-order valence-electron chi connectivity index (χ0n) is 11.3. The van der Waals surface area contributed by atoms with Gasteiger partial charge in [0.05, 0.1) is 0 Å². The van der Waals surface area contributed by atoms with Crippen molar-refractivity contribution < 1.29 is 4.39 Å². The second-order valence-corrected chi connectivity index (χ2v) is 4.15. The minimum atomic E-state index is -0.166. The topological polar surface area (TPSA) is 15.3 Å². The van der Waals surface area contributed by atoms with Gasteiger partial charge in [-0.1, -0.05) is 6.92 Å². The molecule has 0 heterocycles. The van der Waals surface area contributed by atoms with Crippen LogP contribution in [0, 0.1) is 5.82 Å². The molecule has 17 heavy (non-hydrogen) atoms. The van der Waals surface area contributed by atoms with Crippen LogP contribution in [0.25, 0.3) is 0 Å². The molecule has 1 rings (SSSR count). The molecule has 0 aliphatic rings. The van der Waals surface area contributed by atoms with Crippen LogP contribution in [0.2, 0.25) is 0 Å². The van der Waals surface area contributed by atoms with Gasteiger partial charge in [0.1, 0.15) is 5.82 Å². The summed E-state index contributed by atoms with van der Waals surface area (Å²) < 4.78 is 13.4. The van der Waals surface area contributed by atoms with Crippen LogP contribution in [0.15, 0.2) is 18.2 Å². The van der Waals surface area contributed by atoms with Crippen molar-refractivity contribution in [1.29, 1.82) is 0 Å². The summed E-state index contributed by atoms with van der Waals surface area (Å²) in [5.41, 5.74) is 2.17. The summed E-state index contributed by atoms with van der Waals surface area (Å²) in [6.07, 6.45) is 0. The molecule has 0 saturated heterocycles. The molecular formula is C14H23FN2. The Hall–Kier alpha value is -1.09. The first-order chi connectivity index (χ1) is 8.13. The first kappa shape index (κ1) is 14.0. The van der Waals surface area contributed by atoms with Crippen molar-refractivity contribution in [2.24, 2.45) is 0 Å². The number of benzene rings is 1. The molecule has 1 N–H and O–H groups in total. The monoisotopic (exact) mass is 238 g/mol. The second-order valence-electron chi connectivity index (χ2n) is 4.15. The van der Waals surface area contributed by atoms with Gasteiger partial charge in [0.15, 0.2) is 0 Å². The Morgan fingerprint density at radius 1 is 1.24 bits per heavy atom. The maximum absolute atomic E-state index is 13.4. The molecule has 1 atom stereocenters. The zero-order valence-corrected chi connectivity index (χ0v) is 11.3. The van der Waals surface area contributed by atoms with E-state index in [4.69, 9.17) is 0 Å². The molecule has 0 fully saturated rings. The molecule has 2 nitrogen and oxygen atoms in total. The van der Waals surface area contributed by atoms with Gasteiger partial charge in [-0.3, -0.25) is 0 Å². The molecule has 0 saturated carbocycles. The lowest BCUT2D eigenvalue weighted by molar-refractivity contribution is 0.581. The lowest BCUT2D eigenvalue weighted by Crippen LogP contribution is -2.26. The normalized spacial score (nSPS) is 12.5. The van der Waals surface area contributed by atoms with Crippen molar-refractivity contribution in [3.63, 3.8) is 0 Å². The molecule has 96 valence electrons. The quantitative estimate of drug-likeness (QED) is 0.817. The molecular weight excluding hydrogens is 215 g/mol.